The Morgan fingerprint density at radius 1 is 1.43 bits per heavy atom. The molecular weight excluding hydrogens is 199 g/mol. The lowest BCUT2D eigenvalue weighted by molar-refractivity contribution is 0.427. The van der Waals surface area contributed by atoms with Crippen LogP contribution in [0, 0.1) is 6.92 Å². The van der Waals surface area contributed by atoms with Gasteiger partial charge in [0.2, 0.25) is 0 Å². The van der Waals surface area contributed by atoms with Crippen LogP contribution >= 0.6 is 11.3 Å². The number of hydrogen-bond donors (Lipinski definition) is 2. The zero-order valence-corrected chi connectivity index (χ0v) is 8.40. The summed E-state index contributed by atoms with van der Waals surface area (Å²) in [6, 6.07) is 3.53. The quantitative estimate of drug-likeness (QED) is 0.678. The third kappa shape index (κ3) is 1.72. The zero-order valence-electron chi connectivity index (χ0n) is 7.58. The molecule has 0 saturated carbocycles. The Kier molecular flexibility index (Phi) is 2.41. The molecule has 0 unspecified atom stereocenters. The van der Waals surface area contributed by atoms with Crippen molar-refractivity contribution in [1.29, 1.82) is 0 Å². The van der Waals surface area contributed by atoms with Crippen molar-refractivity contribution in [3.63, 3.8) is 0 Å². The summed E-state index contributed by atoms with van der Waals surface area (Å²) in [5, 5.41) is 18.8. The number of aryl methyl sites for hydroxylation is 1. The van der Waals surface area contributed by atoms with Crippen molar-refractivity contribution in [2.24, 2.45) is 0 Å². The Bertz CT molecular complexity index is 438. The molecule has 72 valence electrons. The minimum atomic E-state index is -1.39. The third-order valence-corrected chi connectivity index (χ3v) is 2.97. The number of rotatable bonds is 2. The van der Waals surface area contributed by atoms with Crippen molar-refractivity contribution in [1.82, 2.24) is 9.55 Å². The van der Waals surface area contributed by atoms with Crippen LogP contribution in [0.2, 0.25) is 0 Å². The predicted molar refractivity (Wildman–Crippen MR) is 56.0 cm³/mol. The fraction of sp³-hybridized carbons (Fsp3) is 0.125. The van der Waals surface area contributed by atoms with E-state index in [0.717, 1.165) is 10.7 Å². The molecule has 2 aromatic heterocycles. The molecule has 0 bridgehead atoms. The van der Waals surface area contributed by atoms with Crippen LogP contribution in [-0.4, -0.2) is 26.7 Å². The molecule has 2 N–H and O–H groups in total. The second kappa shape index (κ2) is 3.57. The normalized spacial score (nSPS) is 10.5. The zero-order chi connectivity index (χ0) is 10.1. The molecule has 2 heterocycles. The standard InChI is InChI=1S/C8H9BN2O2S/c1-6-4-11(5-10-6)8-3-2-7(14-8)9(12)13/h2-5,12-13H,1H3. The van der Waals surface area contributed by atoms with Gasteiger partial charge in [-0.25, -0.2) is 4.98 Å². The highest BCUT2D eigenvalue weighted by atomic mass is 32.1. The van der Waals surface area contributed by atoms with Gasteiger partial charge in [0, 0.05) is 11.0 Å². The number of thiophene rings is 1. The van der Waals surface area contributed by atoms with E-state index >= 15 is 0 Å². The summed E-state index contributed by atoms with van der Waals surface area (Å²) in [6.45, 7) is 1.91. The monoisotopic (exact) mass is 208 g/mol. The fourth-order valence-corrected chi connectivity index (χ4v) is 1.99. The lowest BCUT2D eigenvalue weighted by Crippen LogP contribution is -2.26. The lowest BCUT2D eigenvalue weighted by Gasteiger charge is -1.94. The Balaban J connectivity index is 2.33. The molecule has 0 aliphatic rings. The largest absolute Gasteiger partial charge is 0.499 e. The molecule has 2 aromatic rings. The van der Waals surface area contributed by atoms with Crippen LogP contribution in [0.15, 0.2) is 24.7 Å². The fourth-order valence-electron chi connectivity index (χ4n) is 1.16. The van der Waals surface area contributed by atoms with E-state index in [1.54, 1.807) is 12.4 Å². The highest BCUT2D eigenvalue weighted by Gasteiger charge is 2.14. The molecule has 0 aliphatic heterocycles. The highest BCUT2D eigenvalue weighted by molar-refractivity contribution is 7.24. The first-order chi connectivity index (χ1) is 6.66. The molecule has 0 spiro atoms. The maximum absolute atomic E-state index is 8.93. The van der Waals surface area contributed by atoms with Gasteiger partial charge in [-0.1, -0.05) is 0 Å². The molecule has 0 aliphatic carbocycles. The van der Waals surface area contributed by atoms with Crippen molar-refractivity contribution in [2.75, 3.05) is 0 Å². The van der Waals surface area contributed by atoms with Gasteiger partial charge in [0.15, 0.2) is 0 Å². The number of aromatic nitrogens is 2. The second-order valence-corrected chi connectivity index (χ2v) is 4.07. The molecule has 2 rings (SSSR count). The van der Waals surface area contributed by atoms with Gasteiger partial charge >= 0.3 is 7.12 Å². The molecule has 0 fully saturated rings. The molecule has 0 amide bonds. The average molecular weight is 208 g/mol. The van der Waals surface area contributed by atoms with Gasteiger partial charge in [0.25, 0.3) is 0 Å². The van der Waals surface area contributed by atoms with E-state index in [4.69, 9.17) is 10.0 Å². The summed E-state index contributed by atoms with van der Waals surface area (Å²) in [4.78, 5) is 4.09. The van der Waals surface area contributed by atoms with Gasteiger partial charge in [-0.3, -0.25) is 4.57 Å². The molecule has 4 nitrogen and oxygen atoms in total. The van der Waals surface area contributed by atoms with Crippen LogP contribution in [0.4, 0.5) is 0 Å². The predicted octanol–water partition coefficient (Wildman–Crippen LogP) is -0.0780. The second-order valence-electron chi connectivity index (χ2n) is 2.97. The van der Waals surface area contributed by atoms with Crippen molar-refractivity contribution in [2.45, 2.75) is 6.92 Å². The van der Waals surface area contributed by atoms with Crippen LogP contribution in [0.3, 0.4) is 0 Å². The van der Waals surface area contributed by atoms with E-state index in [1.807, 2.05) is 23.8 Å². The maximum atomic E-state index is 8.93. The van der Waals surface area contributed by atoms with Crippen molar-refractivity contribution >= 4 is 23.2 Å². The number of hydrogen-bond acceptors (Lipinski definition) is 4. The Hall–Kier alpha value is -1.11. The van der Waals surface area contributed by atoms with Crippen LogP contribution in [0.1, 0.15) is 5.69 Å². The van der Waals surface area contributed by atoms with Crippen molar-refractivity contribution in [3.8, 4) is 5.00 Å². The Morgan fingerprint density at radius 2 is 2.21 bits per heavy atom. The highest BCUT2D eigenvalue weighted by Crippen LogP contribution is 2.13. The first-order valence-electron chi connectivity index (χ1n) is 4.13. The SMILES string of the molecule is Cc1cn(-c2ccc(B(O)O)s2)cn1. The molecule has 0 atom stereocenters. The van der Waals surface area contributed by atoms with Crippen LogP contribution in [-0.2, 0) is 0 Å². The molecule has 0 aromatic carbocycles. The van der Waals surface area contributed by atoms with Crippen LogP contribution < -0.4 is 4.78 Å². The summed E-state index contributed by atoms with van der Waals surface area (Å²) in [5.74, 6) is 0. The number of nitrogens with zero attached hydrogens (tertiary/aromatic N) is 2. The van der Waals surface area contributed by atoms with Gasteiger partial charge in [-0.2, -0.15) is 0 Å². The first-order valence-corrected chi connectivity index (χ1v) is 4.95. The minimum Gasteiger partial charge on any atom is -0.423 e. The average Bonchev–Trinajstić information content (AvgIpc) is 2.70. The topological polar surface area (TPSA) is 58.3 Å². The minimum absolute atomic E-state index is 0.534. The van der Waals surface area contributed by atoms with Gasteiger partial charge in [-0.05, 0) is 19.1 Å². The summed E-state index contributed by atoms with van der Waals surface area (Å²) in [6.07, 6.45) is 3.59. The van der Waals surface area contributed by atoms with Crippen molar-refractivity contribution < 1.29 is 10.0 Å². The summed E-state index contributed by atoms with van der Waals surface area (Å²) < 4.78 is 2.39. The van der Waals surface area contributed by atoms with Gasteiger partial charge in [-0.15, -0.1) is 11.3 Å². The van der Waals surface area contributed by atoms with E-state index in [-0.39, 0.29) is 0 Å². The third-order valence-electron chi connectivity index (χ3n) is 1.83. The maximum Gasteiger partial charge on any atom is 0.499 e. The van der Waals surface area contributed by atoms with Crippen LogP contribution in [0.25, 0.3) is 5.00 Å². The van der Waals surface area contributed by atoms with E-state index in [1.165, 1.54) is 11.3 Å². The summed E-state index contributed by atoms with van der Waals surface area (Å²) >= 11 is 1.33. The Morgan fingerprint density at radius 3 is 2.71 bits per heavy atom. The first kappa shape index (κ1) is 9.45. The summed E-state index contributed by atoms with van der Waals surface area (Å²) in [5.41, 5.74) is 0.935. The van der Waals surface area contributed by atoms with Crippen molar-refractivity contribution in [3.05, 3.63) is 30.4 Å². The molecule has 0 saturated heterocycles. The van der Waals surface area contributed by atoms with Gasteiger partial charge in [0.05, 0.1) is 10.7 Å². The van der Waals surface area contributed by atoms with Gasteiger partial charge in [0.1, 0.15) is 6.33 Å². The van der Waals surface area contributed by atoms with E-state index in [9.17, 15) is 0 Å². The molecule has 0 radical (unpaired) electrons. The van der Waals surface area contributed by atoms with Gasteiger partial charge < -0.3 is 10.0 Å². The van der Waals surface area contributed by atoms with Crippen LogP contribution in [0.5, 0.6) is 0 Å². The number of imidazole rings is 1. The summed E-state index contributed by atoms with van der Waals surface area (Å²) in [7, 11) is -1.39. The molecule has 6 heteroatoms. The molecular formula is C8H9BN2O2S. The smallest absolute Gasteiger partial charge is 0.423 e. The van der Waals surface area contributed by atoms with E-state index in [0.29, 0.717) is 4.78 Å². The van der Waals surface area contributed by atoms with E-state index < -0.39 is 7.12 Å². The lowest BCUT2D eigenvalue weighted by atomic mass is 9.90. The Labute approximate surface area is 85.6 Å². The van der Waals surface area contributed by atoms with E-state index in [2.05, 4.69) is 4.98 Å². The molecule has 14 heavy (non-hydrogen) atoms.